The largest absolute Gasteiger partial charge is 0.352 e. The number of carbonyl (C=O) groups excluding carboxylic acids is 2. The fraction of sp³-hybridized carbons (Fsp3) is 0.440. The maximum Gasteiger partial charge on any atom is 0.243 e. The van der Waals surface area contributed by atoms with E-state index in [-0.39, 0.29) is 24.4 Å². The molecule has 0 saturated carbocycles. The highest BCUT2D eigenvalue weighted by molar-refractivity contribution is 7.98. The van der Waals surface area contributed by atoms with Crippen molar-refractivity contribution in [1.82, 2.24) is 10.2 Å². The summed E-state index contributed by atoms with van der Waals surface area (Å²) in [7, 11) is 0. The zero-order valence-corrected chi connectivity index (χ0v) is 21.3. The van der Waals surface area contributed by atoms with Crippen LogP contribution in [0.15, 0.2) is 48.5 Å². The first-order chi connectivity index (χ1) is 15.4. The second-order valence-electron chi connectivity index (χ2n) is 7.75. The summed E-state index contributed by atoms with van der Waals surface area (Å²) in [4.78, 5) is 27.9. The fourth-order valence-electron chi connectivity index (χ4n) is 3.28. The van der Waals surface area contributed by atoms with E-state index in [0.29, 0.717) is 34.2 Å². The molecular weight excluding hydrogens is 463 g/mol. The molecule has 2 aromatic carbocycles. The minimum Gasteiger partial charge on any atom is -0.352 e. The smallest absolute Gasteiger partial charge is 0.243 e. The van der Waals surface area contributed by atoms with Crippen molar-refractivity contribution in [2.45, 2.75) is 64.4 Å². The van der Waals surface area contributed by atoms with Crippen LogP contribution >= 0.6 is 35.0 Å². The van der Waals surface area contributed by atoms with Gasteiger partial charge in [0.1, 0.15) is 6.04 Å². The lowest BCUT2D eigenvalue weighted by molar-refractivity contribution is -0.141. The second kappa shape index (κ2) is 13.8. The molecule has 0 fully saturated rings. The van der Waals surface area contributed by atoms with Gasteiger partial charge in [-0.25, -0.2) is 0 Å². The molecule has 7 heteroatoms. The third-order valence-corrected chi connectivity index (χ3v) is 7.09. The summed E-state index contributed by atoms with van der Waals surface area (Å²) in [5.41, 5.74) is 1.89. The predicted octanol–water partition coefficient (Wildman–Crippen LogP) is 6.34. The number of thioether (sulfide) groups is 1. The Morgan fingerprint density at radius 2 is 1.66 bits per heavy atom. The first-order valence-corrected chi connectivity index (χ1v) is 12.9. The summed E-state index contributed by atoms with van der Waals surface area (Å²) in [6.45, 7) is 6.09. The molecule has 0 aliphatic heterocycles. The van der Waals surface area contributed by atoms with Crippen LogP contribution in [0.5, 0.6) is 0 Å². The molecule has 0 radical (unpaired) electrons. The molecule has 0 saturated heterocycles. The van der Waals surface area contributed by atoms with Crippen LogP contribution in [-0.2, 0) is 21.9 Å². The molecule has 2 atom stereocenters. The van der Waals surface area contributed by atoms with Gasteiger partial charge in [-0.2, -0.15) is 11.8 Å². The van der Waals surface area contributed by atoms with Crippen molar-refractivity contribution in [3.8, 4) is 0 Å². The fourth-order valence-corrected chi connectivity index (χ4v) is 4.69. The topological polar surface area (TPSA) is 49.4 Å². The summed E-state index contributed by atoms with van der Waals surface area (Å²) in [5, 5.41) is 4.00. The van der Waals surface area contributed by atoms with Gasteiger partial charge in [0, 0.05) is 46.1 Å². The molecule has 0 unspecified atom stereocenters. The molecule has 32 heavy (non-hydrogen) atoms. The van der Waals surface area contributed by atoms with E-state index < -0.39 is 6.04 Å². The molecule has 0 heterocycles. The van der Waals surface area contributed by atoms with Gasteiger partial charge in [-0.3, -0.25) is 9.59 Å². The van der Waals surface area contributed by atoms with Crippen molar-refractivity contribution >= 4 is 46.8 Å². The predicted molar refractivity (Wildman–Crippen MR) is 136 cm³/mol. The van der Waals surface area contributed by atoms with E-state index in [2.05, 4.69) is 17.4 Å². The molecule has 2 aromatic rings. The van der Waals surface area contributed by atoms with Crippen LogP contribution in [0.4, 0.5) is 0 Å². The number of benzene rings is 2. The molecule has 2 amide bonds. The van der Waals surface area contributed by atoms with Crippen molar-refractivity contribution in [1.29, 1.82) is 0 Å². The first-order valence-electron chi connectivity index (χ1n) is 11.0. The van der Waals surface area contributed by atoms with Gasteiger partial charge in [-0.15, -0.1) is 0 Å². The maximum atomic E-state index is 13.3. The lowest BCUT2D eigenvalue weighted by Crippen LogP contribution is -2.50. The van der Waals surface area contributed by atoms with Crippen LogP contribution in [0, 0.1) is 0 Å². The number of rotatable bonds is 12. The van der Waals surface area contributed by atoms with Gasteiger partial charge in [0.05, 0.1) is 0 Å². The summed E-state index contributed by atoms with van der Waals surface area (Å²) >= 11 is 14.5. The minimum atomic E-state index is -0.581. The van der Waals surface area contributed by atoms with Crippen LogP contribution in [0.25, 0.3) is 0 Å². The van der Waals surface area contributed by atoms with Gasteiger partial charge < -0.3 is 10.2 Å². The molecule has 2 rings (SSSR count). The molecule has 0 aliphatic carbocycles. The Kier molecular flexibility index (Phi) is 11.4. The Balaban J connectivity index is 2.14. The molecule has 174 valence electrons. The average molecular weight is 496 g/mol. The minimum absolute atomic E-state index is 0.0406. The maximum absolute atomic E-state index is 13.3. The van der Waals surface area contributed by atoms with Crippen molar-refractivity contribution in [3.63, 3.8) is 0 Å². The molecule has 1 N–H and O–H groups in total. The Labute approximate surface area is 206 Å². The van der Waals surface area contributed by atoms with Crippen molar-refractivity contribution in [3.05, 3.63) is 69.7 Å². The third-order valence-electron chi connectivity index (χ3n) is 5.35. The van der Waals surface area contributed by atoms with E-state index in [1.54, 1.807) is 34.9 Å². The van der Waals surface area contributed by atoms with E-state index >= 15 is 0 Å². The summed E-state index contributed by atoms with van der Waals surface area (Å²) in [6.07, 6.45) is 1.67. The summed E-state index contributed by atoms with van der Waals surface area (Å²) < 4.78 is 0. The number of hydrogen-bond acceptors (Lipinski definition) is 3. The number of halogens is 2. The second-order valence-corrected chi connectivity index (χ2v) is 9.67. The highest BCUT2D eigenvalue weighted by Crippen LogP contribution is 2.27. The van der Waals surface area contributed by atoms with E-state index in [1.807, 2.05) is 39.0 Å². The van der Waals surface area contributed by atoms with Gasteiger partial charge in [0.15, 0.2) is 0 Å². The van der Waals surface area contributed by atoms with Crippen LogP contribution in [0.2, 0.25) is 10.0 Å². The van der Waals surface area contributed by atoms with Gasteiger partial charge in [0.2, 0.25) is 11.8 Å². The Hall–Kier alpha value is -1.69. The summed E-state index contributed by atoms with van der Waals surface area (Å²) in [6, 6.07) is 14.9. The molecule has 0 aromatic heterocycles. The van der Waals surface area contributed by atoms with Gasteiger partial charge in [0.25, 0.3) is 0 Å². The lowest BCUT2D eigenvalue weighted by Gasteiger charge is -2.32. The van der Waals surface area contributed by atoms with E-state index in [0.717, 1.165) is 12.2 Å². The third kappa shape index (κ3) is 8.02. The SMILES string of the molecule is CC[C@@H](C)NC(=O)[C@H](CC)N(Cc1c(Cl)cccc1Cl)C(=O)CCSCc1ccccc1. The van der Waals surface area contributed by atoms with Crippen LogP contribution < -0.4 is 5.32 Å². The Morgan fingerprint density at radius 3 is 2.25 bits per heavy atom. The number of hydrogen-bond donors (Lipinski definition) is 1. The molecule has 4 nitrogen and oxygen atoms in total. The van der Waals surface area contributed by atoms with Gasteiger partial charge in [-0.1, -0.05) is 73.4 Å². The van der Waals surface area contributed by atoms with Crippen LogP contribution in [0.1, 0.15) is 51.2 Å². The Morgan fingerprint density at radius 1 is 1.00 bits per heavy atom. The molecule has 0 aliphatic rings. The van der Waals surface area contributed by atoms with Crippen molar-refractivity contribution < 1.29 is 9.59 Å². The highest BCUT2D eigenvalue weighted by Gasteiger charge is 2.30. The molecule has 0 spiro atoms. The van der Waals surface area contributed by atoms with E-state index in [4.69, 9.17) is 23.2 Å². The highest BCUT2D eigenvalue weighted by atomic mass is 35.5. The van der Waals surface area contributed by atoms with E-state index in [1.165, 1.54) is 5.56 Å². The lowest BCUT2D eigenvalue weighted by atomic mass is 10.1. The number of amides is 2. The zero-order valence-electron chi connectivity index (χ0n) is 18.9. The quantitative estimate of drug-likeness (QED) is 0.350. The average Bonchev–Trinajstić information content (AvgIpc) is 2.78. The van der Waals surface area contributed by atoms with Gasteiger partial charge >= 0.3 is 0 Å². The Bertz CT molecular complexity index is 859. The monoisotopic (exact) mass is 494 g/mol. The number of carbonyl (C=O) groups is 2. The van der Waals surface area contributed by atoms with Gasteiger partial charge in [-0.05, 0) is 37.5 Å². The van der Waals surface area contributed by atoms with Crippen molar-refractivity contribution in [2.24, 2.45) is 0 Å². The van der Waals surface area contributed by atoms with Crippen LogP contribution in [0.3, 0.4) is 0 Å². The normalized spacial score (nSPS) is 12.8. The first kappa shape index (κ1) is 26.6. The summed E-state index contributed by atoms with van der Waals surface area (Å²) in [5.74, 6) is 1.29. The molecular formula is C25H32Cl2N2O2S. The van der Waals surface area contributed by atoms with Crippen molar-refractivity contribution in [2.75, 3.05) is 5.75 Å². The van der Waals surface area contributed by atoms with Crippen LogP contribution in [-0.4, -0.2) is 34.6 Å². The zero-order chi connectivity index (χ0) is 23.5. The number of nitrogens with one attached hydrogen (secondary N) is 1. The van der Waals surface area contributed by atoms with E-state index in [9.17, 15) is 9.59 Å². The number of nitrogens with zero attached hydrogens (tertiary/aromatic N) is 1. The standard InChI is InChI=1S/C25H32Cl2N2O2S/c1-4-18(3)28-25(31)23(5-2)29(16-20-21(26)12-9-13-22(20)27)24(30)14-15-32-17-19-10-7-6-8-11-19/h6-13,18,23H,4-5,14-17H2,1-3H3,(H,28,31)/t18-,23+/m1/s1. The molecule has 0 bridgehead atoms.